The Bertz CT molecular complexity index is 1050. The molecule has 1 aromatic carbocycles. The van der Waals surface area contributed by atoms with Crippen LogP contribution in [0, 0.1) is 5.82 Å². The van der Waals surface area contributed by atoms with Gasteiger partial charge in [-0.25, -0.2) is 14.4 Å². The van der Waals surface area contributed by atoms with E-state index in [0.717, 1.165) is 12.8 Å². The van der Waals surface area contributed by atoms with Crippen molar-refractivity contribution < 1.29 is 14.2 Å². The molecule has 0 bridgehead atoms. The molecule has 0 aliphatic carbocycles. The zero-order valence-corrected chi connectivity index (χ0v) is 17.0. The number of anilines is 1. The molecule has 4 rings (SSSR count). The molecule has 3 heterocycles. The SMILES string of the molecule is CC(C)(O)c1cnc2c(F)cc(-c3nc(NC4CCOCC4)ncc3Cl)cc2c1. The Labute approximate surface area is 173 Å². The van der Waals surface area contributed by atoms with Crippen molar-refractivity contribution in [2.45, 2.75) is 38.3 Å². The quantitative estimate of drug-likeness (QED) is 0.660. The average molecular weight is 417 g/mol. The molecule has 1 fully saturated rings. The summed E-state index contributed by atoms with van der Waals surface area (Å²) in [6.07, 6.45) is 4.74. The molecule has 1 saturated heterocycles. The monoisotopic (exact) mass is 416 g/mol. The Balaban J connectivity index is 1.74. The van der Waals surface area contributed by atoms with Gasteiger partial charge in [-0.2, -0.15) is 0 Å². The second kappa shape index (κ2) is 7.82. The van der Waals surface area contributed by atoms with E-state index in [9.17, 15) is 9.50 Å². The van der Waals surface area contributed by atoms with E-state index in [4.69, 9.17) is 16.3 Å². The number of nitrogens with zero attached hydrogens (tertiary/aromatic N) is 3. The summed E-state index contributed by atoms with van der Waals surface area (Å²) in [4.78, 5) is 13.0. The first kappa shape index (κ1) is 19.9. The smallest absolute Gasteiger partial charge is 0.223 e. The van der Waals surface area contributed by atoms with E-state index in [2.05, 4.69) is 20.3 Å². The van der Waals surface area contributed by atoms with Gasteiger partial charge in [0.05, 0.1) is 22.5 Å². The maximum absolute atomic E-state index is 14.7. The Morgan fingerprint density at radius 1 is 1.17 bits per heavy atom. The lowest BCUT2D eigenvalue weighted by Crippen LogP contribution is -2.28. The predicted octanol–water partition coefficient (Wildman–Crippen LogP) is 4.30. The lowest BCUT2D eigenvalue weighted by Gasteiger charge is -2.23. The van der Waals surface area contributed by atoms with Crippen molar-refractivity contribution in [3.05, 3.63) is 47.0 Å². The molecule has 29 heavy (non-hydrogen) atoms. The summed E-state index contributed by atoms with van der Waals surface area (Å²) in [6, 6.07) is 5.09. The fourth-order valence-corrected chi connectivity index (χ4v) is 3.54. The standard InChI is InChI=1S/C21H22ClFN4O2/c1-21(2,28)14-8-12-7-13(9-17(23)19(12)24-10-14)18-16(22)11-25-20(27-18)26-15-3-5-29-6-4-15/h7-11,15,28H,3-6H2,1-2H3,(H,25,26,27). The van der Waals surface area contributed by atoms with E-state index in [-0.39, 0.29) is 11.6 Å². The van der Waals surface area contributed by atoms with Gasteiger partial charge in [-0.05, 0) is 44.9 Å². The first-order valence-electron chi connectivity index (χ1n) is 9.50. The molecule has 6 nitrogen and oxygen atoms in total. The summed E-state index contributed by atoms with van der Waals surface area (Å²) in [7, 11) is 0. The van der Waals surface area contributed by atoms with E-state index in [1.165, 1.54) is 18.5 Å². The first-order chi connectivity index (χ1) is 13.8. The number of nitrogens with one attached hydrogen (secondary N) is 1. The molecule has 3 aromatic rings. The summed E-state index contributed by atoms with van der Waals surface area (Å²) < 4.78 is 20.1. The van der Waals surface area contributed by atoms with Gasteiger partial charge < -0.3 is 15.2 Å². The molecule has 0 atom stereocenters. The number of halogens is 2. The fraction of sp³-hybridized carbons (Fsp3) is 0.381. The summed E-state index contributed by atoms with van der Waals surface area (Å²) in [6.45, 7) is 4.71. The second-order valence-corrected chi connectivity index (χ2v) is 8.14. The van der Waals surface area contributed by atoms with Crippen LogP contribution in [0.25, 0.3) is 22.2 Å². The van der Waals surface area contributed by atoms with Gasteiger partial charge >= 0.3 is 0 Å². The number of aromatic nitrogens is 3. The molecule has 2 aromatic heterocycles. The number of hydrogen-bond acceptors (Lipinski definition) is 6. The highest BCUT2D eigenvalue weighted by atomic mass is 35.5. The lowest BCUT2D eigenvalue weighted by atomic mass is 9.98. The van der Waals surface area contributed by atoms with Crippen LogP contribution in [0.2, 0.25) is 5.02 Å². The van der Waals surface area contributed by atoms with Crippen LogP contribution in [0.15, 0.2) is 30.6 Å². The molecular weight excluding hydrogens is 395 g/mol. The number of hydrogen-bond donors (Lipinski definition) is 2. The van der Waals surface area contributed by atoms with Gasteiger partial charge in [0, 0.05) is 42.0 Å². The van der Waals surface area contributed by atoms with Gasteiger partial charge in [0.25, 0.3) is 0 Å². The van der Waals surface area contributed by atoms with E-state index in [0.29, 0.717) is 46.4 Å². The highest BCUT2D eigenvalue weighted by Gasteiger charge is 2.19. The normalized spacial score (nSPS) is 15.6. The number of pyridine rings is 1. The summed E-state index contributed by atoms with van der Waals surface area (Å²) in [5.74, 6) is -0.0337. The number of ether oxygens (including phenoxy) is 1. The Morgan fingerprint density at radius 2 is 1.93 bits per heavy atom. The van der Waals surface area contributed by atoms with Crippen LogP contribution in [0.1, 0.15) is 32.3 Å². The summed E-state index contributed by atoms with van der Waals surface area (Å²) >= 11 is 6.33. The molecule has 0 saturated carbocycles. The maximum Gasteiger partial charge on any atom is 0.223 e. The van der Waals surface area contributed by atoms with Gasteiger partial charge in [0.15, 0.2) is 0 Å². The Morgan fingerprint density at radius 3 is 2.66 bits per heavy atom. The van der Waals surface area contributed by atoms with Crippen LogP contribution < -0.4 is 5.32 Å². The van der Waals surface area contributed by atoms with Crippen molar-refractivity contribution >= 4 is 28.5 Å². The van der Waals surface area contributed by atoms with Crippen molar-refractivity contribution in [3.63, 3.8) is 0 Å². The topological polar surface area (TPSA) is 80.2 Å². The van der Waals surface area contributed by atoms with Crippen molar-refractivity contribution in [2.75, 3.05) is 18.5 Å². The fourth-order valence-electron chi connectivity index (χ4n) is 3.34. The van der Waals surface area contributed by atoms with Crippen LogP contribution in [-0.2, 0) is 10.3 Å². The summed E-state index contributed by atoms with van der Waals surface area (Å²) in [5.41, 5.74) is 0.698. The largest absolute Gasteiger partial charge is 0.386 e. The van der Waals surface area contributed by atoms with Gasteiger partial charge in [-0.3, -0.25) is 4.98 Å². The Hall–Kier alpha value is -2.35. The number of rotatable bonds is 4. The molecule has 8 heteroatoms. The highest BCUT2D eigenvalue weighted by molar-refractivity contribution is 6.33. The van der Waals surface area contributed by atoms with Gasteiger partial charge in [-0.15, -0.1) is 0 Å². The molecule has 2 N–H and O–H groups in total. The summed E-state index contributed by atoms with van der Waals surface area (Å²) in [5, 5.41) is 14.4. The van der Waals surface area contributed by atoms with Crippen LogP contribution in [-0.4, -0.2) is 39.3 Å². The average Bonchev–Trinajstić information content (AvgIpc) is 2.69. The van der Waals surface area contributed by atoms with Crippen molar-refractivity contribution in [1.82, 2.24) is 15.0 Å². The molecule has 0 spiro atoms. The van der Waals surface area contributed by atoms with E-state index in [1.54, 1.807) is 26.0 Å². The Kier molecular flexibility index (Phi) is 5.38. The van der Waals surface area contributed by atoms with Crippen LogP contribution in [0.5, 0.6) is 0 Å². The van der Waals surface area contributed by atoms with E-state index in [1.807, 2.05) is 0 Å². The van der Waals surface area contributed by atoms with Crippen molar-refractivity contribution in [1.29, 1.82) is 0 Å². The molecule has 1 aliphatic rings. The maximum atomic E-state index is 14.7. The number of benzene rings is 1. The lowest BCUT2D eigenvalue weighted by molar-refractivity contribution is 0.0784. The third-order valence-corrected chi connectivity index (χ3v) is 5.29. The highest BCUT2D eigenvalue weighted by Crippen LogP contribution is 2.32. The van der Waals surface area contributed by atoms with Crippen molar-refractivity contribution in [3.8, 4) is 11.3 Å². The first-order valence-corrected chi connectivity index (χ1v) is 9.88. The minimum absolute atomic E-state index is 0.227. The minimum atomic E-state index is -1.08. The molecule has 0 radical (unpaired) electrons. The van der Waals surface area contributed by atoms with Crippen LogP contribution in [0.4, 0.5) is 10.3 Å². The van der Waals surface area contributed by atoms with Crippen molar-refractivity contribution in [2.24, 2.45) is 0 Å². The third-order valence-electron chi connectivity index (χ3n) is 5.02. The second-order valence-electron chi connectivity index (χ2n) is 7.73. The zero-order valence-electron chi connectivity index (χ0n) is 16.2. The molecule has 0 amide bonds. The van der Waals surface area contributed by atoms with Gasteiger partial charge in [0.2, 0.25) is 5.95 Å². The van der Waals surface area contributed by atoms with E-state index >= 15 is 0 Å². The van der Waals surface area contributed by atoms with Crippen LogP contribution in [0.3, 0.4) is 0 Å². The number of aliphatic hydroxyl groups is 1. The molecule has 0 unspecified atom stereocenters. The minimum Gasteiger partial charge on any atom is -0.386 e. The molecule has 1 aliphatic heterocycles. The number of fused-ring (bicyclic) bond motifs is 1. The van der Waals surface area contributed by atoms with Gasteiger partial charge in [-0.1, -0.05) is 11.6 Å². The zero-order chi connectivity index (χ0) is 20.6. The van der Waals surface area contributed by atoms with Gasteiger partial charge in [0.1, 0.15) is 11.3 Å². The predicted molar refractivity (Wildman–Crippen MR) is 110 cm³/mol. The molecule has 152 valence electrons. The van der Waals surface area contributed by atoms with E-state index < -0.39 is 11.4 Å². The van der Waals surface area contributed by atoms with Crippen LogP contribution >= 0.6 is 11.6 Å². The third kappa shape index (κ3) is 4.32. The molecular formula is C21H22ClFN4O2.